The van der Waals surface area contributed by atoms with E-state index in [1.54, 1.807) is 17.0 Å². The molecule has 1 aliphatic rings. The molecule has 0 aliphatic carbocycles. The van der Waals surface area contributed by atoms with E-state index in [-0.39, 0.29) is 30.8 Å². The van der Waals surface area contributed by atoms with Crippen molar-refractivity contribution in [3.63, 3.8) is 0 Å². The third-order valence-electron chi connectivity index (χ3n) is 5.17. The number of benzene rings is 1. The number of aryl methyl sites for hydroxylation is 1. The Morgan fingerprint density at radius 1 is 1.18 bits per heavy atom. The molecule has 1 aromatic rings. The lowest BCUT2D eigenvalue weighted by molar-refractivity contribution is -0.148. The summed E-state index contributed by atoms with van der Waals surface area (Å²) in [5, 5.41) is 0. The van der Waals surface area contributed by atoms with Gasteiger partial charge in [0.1, 0.15) is 0 Å². The van der Waals surface area contributed by atoms with Crippen LogP contribution in [0.4, 0.5) is 5.69 Å². The highest BCUT2D eigenvalue weighted by Crippen LogP contribution is 2.21. The summed E-state index contributed by atoms with van der Waals surface area (Å²) in [4.78, 5) is 25.8. The second kappa shape index (κ2) is 9.91. The summed E-state index contributed by atoms with van der Waals surface area (Å²) in [5.74, 6) is -0.357. The van der Waals surface area contributed by atoms with Gasteiger partial charge in [-0.3, -0.25) is 13.9 Å². The van der Waals surface area contributed by atoms with Crippen LogP contribution in [0.1, 0.15) is 38.2 Å². The summed E-state index contributed by atoms with van der Waals surface area (Å²) < 4.78 is 30.5. The number of piperidine rings is 1. The number of sulfonamides is 1. The number of ether oxygens (including phenoxy) is 1. The Morgan fingerprint density at radius 2 is 1.79 bits per heavy atom. The van der Waals surface area contributed by atoms with Gasteiger partial charge in [-0.2, -0.15) is 0 Å². The minimum absolute atomic E-state index is 0.00176. The lowest BCUT2D eigenvalue weighted by Crippen LogP contribution is -2.40. The summed E-state index contributed by atoms with van der Waals surface area (Å²) >= 11 is 0. The largest absolute Gasteiger partial charge is 0.469 e. The Balaban J connectivity index is 1.88. The maximum atomic E-state index is 12.4. The number of anilines is 1. The molecule has 0 unspecified atom stereocenters. The predicted molar refractivity (Wildman–Crippen MR) is 109 cm³/mol. The van der Waals surface area contributed by atoms with E-state index < -0.39 is 10.0 Å². The van der Waals surface area contributed by atoms with Gasteiger partial charge in [-0.25, -0.2) is 8.42 Å². The van der Waals surface area contributed by atoms with Crippen LogP contribution in [0.25, 0.3) is 0 Å². The number of likely N-dealkylation sites (tertiary alicyclic amines) is 1. The van der Waals surface area contributed by atoms with Crippen LogP contribution in [0.2, 0.25) is 0 Å². The van der Waals surface area contributed by atoms with Crippen molar-refractivity contribution in [3.05, 3.63) is 29.8 Å². The Hall–Kier alpha value is -2.09. The van der Waals surface area contributed by atoms with Crippen LogP contribution in [0.3, 0.4) is 0 Å². The predicted octanol–water partition coefficient (Wildman–Crippen LogP) is 2.21. The third-order valence-corrected chi connectivity index (χ3v) is 6.36. The quantitative estimate of drug-likeness (QED) is 0.614. The summed E-state index contributed by atoms with van der Waals surface area (Å²) in [6, 6.07) is 7.45. The number of carbonyl (C=O) groups excluding carboxylic acids is 2. The Labute approximate surface area is 167 Å². The summed E-state index contributed by atoms with van der Waals surface area (Å²) in [5.41, 5.74) is 1.76. The lowest BCUT2D eigenvalue weighted by atomic mass is 9.97. The van der Waals surface area contributed by atoms with Crippen LogP contribution in [0, 0.1) is 5.92 Å². The highest BCUT2D eigenvalue weighted by atomic mass is 32.2. The van der Waals surface area contributed by atoms with Gasteiger partial charge in [0, 0.05) is 26.1 Å². The number of hydrogen-bond acceptors (Lipinski definition) is 5. The maximum Gasteiger partial charge on any atom is 0.308 e. The summed E-state index contributed by atoms with van der Waals surface area (Å²) in [7, 11) is -2.04. The Morgan fingerprint density at radius 3 is 2.29 bits per heavy atom. The highest BCUT2D eigenvalue weighted by Gasteiger charge is 2.27. The van der Waals surface area contributed by atoms with Crippen LogP contribution in [0.15, 0.2) is 24.3 Å². The topological polar surface area (TPSA) is 84.0 Å². The minimum Gasteiger partial charge on any atom is -0.469 e. The van der Waals surface area contributed by atoms with E-state index in [1.165, 1.54) is 17.7 Å². The van der Waals surface area contributed by atoms with Crippen LogP contribution in [-0.4, -0.2) is 58.2 Å². The second-order valence-corrected chi connectivity index (χ2v) is 9.04. The van der Waals surface area contributed by atoms with Crippen molar-refractivity contribution >= 4 is 27.6 Å². The number of hydrogen-bond donors (Lipinski definition) is 0. The molecule has 7 nitrogen and oxygen atoms in total. The molecule has 0 atom stereocenters. The van der Waals surface area contributed by atoms with Gasteiger partial charge < -0.3 is 9.64 Å². The number of esters is 1. The molecule has 1 amide bonds. The van der Waals surface area contributed by atoms with Crippen molar-refractivity contribution < 1.29 is 22.7 Å². The van der Waals surface area contributed by atoms with Crippen molar-refractivity contribution in [2.75, 3.05) is 37.3 Å². The molecule has 0 spiro atoms. The summed E-state index contributed by atoms with van der Waals surface area (Å²) in [6.07, 6.45) is 4.01. The van der Waals surface area contributed by atoms with E-state index in [9.17, 15) is 18.0 Å². The number of carbonyl (C=O) groups is 2. The van der Waals surface area contributed by atoms with E-state index in [0.717, 1.165) is 12.0 Å². The van der Waals surface area contributed by atoms with Gasteiger partial charge in [0.05, 0.1) is 25.0 Å². The van der Waals surface area contributed by atoms with Crippen LogP contribution >= 0.6 is 0 Å². The monoisotopic (exact) mass is 410 g/mol. The molecule has 156 valence electrons. The molecule has 8 heteroatoms. The minimum atomic E-state index is -3.42. The first kappa shape index (κ1) is 22.2. The first-order valence-corrected chi connectivity index (χ1v) is 11.5. The average molecular weight is 411 g/mol. The Kier molecular flexibility index (Phi) is 7.86. The lowest BCUT2D eigenvalue weighted by Gasteiger charge is -2.31. The fraction of sp³-hybridized carbons (Fsp3) is 0.600. The van der Waals surface area contributed by atoms with E-state index in [2.05, 4.69) is 0 Å². The molecule has 0 aromatic heterocycles. The standard InChI is InChI=1S/C20H30N2O5S/c1-4-16-7-9-18(10-8-16)22(28(3,25)26)13-5-6-19(23)21-14-11-17(12-15-21)20(24)27-2/h7-10,17H,4-6,11-15H2,1-3H3. The van der Waals surface area contributed by atoms with Gasteiger partial charge >= 0.3 is 5.97 Å². The zero-order valence-electron chi connectivity index (χ0n) is 16.9. The third kappa shape index (κ3) is 5.95. The number of nitrogens with zero attached hydrogens (tertiary/aromatic N) is 2. The van der Waals surface area contributed by atoms with Gasteiger partial charge in [-0.05, 0) is 43.4 Å². The van der Waals surface area contributed by atoms with E-state index in [4.69, 9.17) is 4.74 Å². The molecule has 1 aliphatic heterocycles. The van der Waals surface area contributed by atoms with Crippen molar-refractivity contribution in [2.24, 2.45) is 5.92 Å². The molecule has 1 saturated heterocycles. The number of methoxy groups -OCH3 is 1. The molecule has 1 fully saturated rings. The zero-order valence-corrected chi connectivity index (χ0v) is 17.7. The fourth-order valence-corrected chi connectivity index (χ4v) is 4.41. The van der Waals surface area contributed by atoms with Crippen molar-refractivity contribution in [2.45, 2.75) is 39.0 Å². The molecule has 0 N–H and O–H groups in total. The number of amides is 1. The van der Waals surface area contributed by atoms with E-state index >= 15 is 0 Å². The molecule has 2 rings (SSSR count). The highest BCUT2D eigenvalue weighted by molar-refractivity contribution is 7.92. The van der Waals surface area contributed by atoms with Gasteiger partial charge in [-0.15, -0.1) is 0 Å². The molecule has 0 saturated carbocycles. The molecule has 0 bridgehead atoms. The molecular formula is C20H30N2O5S. The average Bonchev–Trinajstić information content (AvgIpc) is 2.69. The first-order chi connectivity index (χ1) is 13.3. The van der Waals surface area contributed by atoms with Crippen molar-refractivity contribution in [1.82, 2.24) is 4.90 Å². The SMILES string of the molecule is CCc1ccc(N(CCCC(=O)N2CCC(C(=O)OC)CC2)S(C)(=O)=O)cc1. The zero-order chi connectivity index (χ0) is 20.7. The molecule has 1 aromatic carbocycles. The van der Waals surface area contributed by atoms with E-state index in [0.29, 0.717) is 38.0 Å². The van der Waals surface area contributed by atoms with Crippen LogP contribution in [-0.2, 0) is 30.8 Å². The van der Waals surface area contributed by atoms with Crippen LogP contribution in [0.5, 0.6) is 0 Å². The van der Waals surface area contributed by atoms with Crippen LogP contribution < -0.4 is 4.31 Å². The Bertz CT molecular complexity index is 768. The normalized spacial score (nSPS) is 15.3. The second-order valence-electron chi connectivity index (χ2n) is 7.14. The molecular weight excluding hydrogens is 380 g/mol. The van der Waals surface area contributed by atoms with Crippen molar-refractivity contribution in [3.8, 4) is 0 Å². The first-order valence-electron chi connectivity index (χ1n) is 9.68. The van der Waals surface area contributed by atoms with Gasteiger partial charge in [0.25, 0.3) is 0 Å². The molecule has 28 heavy (non-hydrogen) atoms. The van der Waals surface area contributed by atoms with Crippen molar-refractivity contribution in [1.29, 1.82) is 0 Å². The number of rotatable bonds is 8. The van der Waals surface area contributed by atoms with Gasteiger partial charge in [-0.1, -0.05) is 19.1 Å². The van der Waals surface area contributed by atoms with E-state index in [1.807, 2.05) is 19.1 Å². The summed E-state index contributed by atoms with van der Waals surface area (Å²) in [6.45, 7) is 3.37. The van der Waals surface area contributed by atoms with Gasteiger partial charge in [0.15, 0.2) is 0 Å². The van der Waals surface area contributed by atoms with Gasteiger partial charge in [0.2, 0.25) is 15.9 Å². The maximum absolute atomic E-state index is 12.4. The molecule has 0 radical (unpaired) electrons. The smallest absolute Gasteiger partial charge is 0.308 e. The molecule has 1 heterocycles. The fourth-order valence-electron chi connectivity index (χ4n) is 3.45.